The van der Waals surface area contributed by atoms with Crippen LogP contribution in [0.1, 0.15) is 54.6 Å². The van der Waals surface area contributed by atoms with Crippen molar-refractivity contribution < 1.29 is 14.6 Å². The molecule has 2 atom stereocenters. The van der Waals surface area contributed by atoms with E-state index < -0.39 is 12.2 Å². The van der Waals surface area contributed by atoms with Gasteiger partial charge in [-0.05, 0) is 30.5 Å². The summed E-state index contributed by atoms with van der Waals surface area (Å²) in [5.41, 5.74) is 3.00. The fraction of sp³-hybridized carbons (Fsp3) is 0.480. The van der Waals surface area contributed by atoms with Crippen molar-refractivity contribution in [3.8, 4) is 0 Å². The zero-order valence-electron chi connectivity index (χ0n) is 17.8. The number of hydrogen-bond acceptors (Lipinski definition) is 4. The molecule has 2 N–H and O–H groups in total. The van der Waals surface area contributed by atoms with E-state index >= 15 is 0 Å². The Bertz CT molecular complexity index is 717. The first kappa shape index (κ1) is 23.3. The minimum absolute atomic E-state index is 0.0439. The van der Waals surface area contributed by atoms with Gasteiger partial charge in [0.25, 0.3) is 0 Å². The van der Waals surface area contributed by atoms with E-state index in [-0.39, 0.29) is 12.4 Å². The van der Waals surface area contributed by atoms with Gasteiger partial charge in [0.15, 0.2) is 5.78 Å². The molecule has 0 amide bonds. The zero-order valence-corrected chi connectivity index (χ0v) is 17.8. The number of aliphatic hydroxyl groups excluding tert-OH is 1. The first-order valence-corrected chi connectivity index (χ1v) is 10.8. The SMILES string of the molecule is CCCCNCC(O)COC(Cc1cccc(CCC)c1)C(=O)c1ccccc1. The van der Waals surface area contributed by atoms with Crippen LogP contribution in [0.2, 0.25) is 0 Å². The Kier molecular flexibility index (Phi) is 10.6. The third-order valence-corrected chi connectivity index (χ3v) is 4.88. The summed E-state index contributed by atoms with van der Waals surface area (Å²) >= 11 is 0. The van der Waals surface area contributed by atoms with Crippen molar-refractivity contribution in [1.82, 2.24) is 5.32 Å². The highest BCUT2D eigenvalue weighted by Gasteiger charge is 2.22. The van der Waals surface area contributed by atoms with Crippen LogP contribution in [0.3, 0.4) is 0 Å². The topological polar surface area (TPSA) is 58.6 Å². The van der Waals surface area contributed by atoms with Crippen LogP contribution in [-0.4, -0.2) is 42.8 Å². The van der Waals surface area contributed by atoms with Gasteiger partial charge in [0.1, 0.15) is 6.10 Å². The number of benzene rings is 2. The molecule has 4 nitrogen and oxygen atoms in total. The molecule has 0 aliphatic heterocycles. The van der Waals surface area contributed by atoms with Gasteiger partial charge < -0.3 is 15.2 Å². The lowest BCUT2D eigenvalue weighted by atomic mass is 9.98. The molecule has 0 saturated carbocycles. The molecule has 0 saturated heterocycles. The third kappa shape index (κ3) is 8.48. The lowest BCUT2D eigenvalue weighted by Crippen LogP contribution is -2.35. The van der Waals surface area contributed by atoms with Crippen molar-refractivity contribution in [3.63, 3.8) is 0 Å². The standard InChI is InChI=1S/C25H35NO3/c1-3-5-15-26-18-23(27)19-29-24(25(28)22-13-7-6-8-14-22)17-21-12-9-11-20(16-21)10-4-2/h6-9,11-14,16,23-24,26-27H,3-5,10,15,17-19H2,1-2H3. The molecule has 0 heterocycles. The average Bonchev–Trinajstić information content (AvgIpc) is 2.75. The second kappa shape index (κ2) is 13.3. The number of aryl methyl sites for hydroxylation is 1. The van der Waals surface area contributed by atoms with E-state index in [1.165, 1.54) is 5.56 Å². The third-order valence-electron chi connectivity index (χ3n) is 4.88. The van der Waals surface area contributed by atoms with Gasteiger partial charge in [-0.25, -0.2) is 0 Å². The van der Waals surface area contributed by atoms with Gasteiger partial charge in [0.2, 0.25) is 0 Å². The minimum Gasteiger partial charge on any atom is -0.389 e. The lowest BCUT2D eigenvalue weighted by molar-refractivity contribution is -0.00165. The number of nitrogens with one attached hydrogen (secondary N) is 1. The van der Waals surface area contributed by atoms with E-state index in [0.717, 1.165) is 37.8 Å². The summed E-state index contributed by atoms with van der Waals surface area (Å²) in [6.45, 7) is 5.78. The summed E-state index contributed by atoms with van der Waals surface area (Å²) in [4.78, 5) is 13.0. The smallest absolute Gasteiger partial charge is 0.191 e. The lowest BCUT2D eigenvalue weighted by Gasteiger charge is -2.20. The van der Waals surface area contributed by atoms with Crippen LogP contribution in [-0.2, 0) is 17.6 Å². The number of Topliss-reactive ketones (excluding diaryl/α,β-unsaturated/α-hetero) is 1. The molecule has 0 radical (unpaired) electrons. The number of rotatable bonds is 14. The quantitative estimate of drug-likeness (QED) is 0.370. The van der Waals surface area contributed by atoms with Gasteiger partial charge in [0.05, 0.1) is 12.7 Å². The molecule has 0 aromatic heterocycles. The molecule has 29 heavy (non-hydrogen) atoms. The number of ketones is 1. The molecule has 0 spiro atoms. The number of carbonyl (C=O) groups is 1. The Balaban J connectivity index is 2.03. The van der Waals surface area contributed by atoms with E-state index in [9.17, 15) is 9.90 Å². The maximum atomic E-state index is 13.0. The van der Waals surface area contributed by atoms with Crippen LogP contribution in [0.4, 0.5) is 0 Å². The molecule has 4 heteroatoms. The fourth-order valence-electron chi connectivity index (χ4n) is 3.29. The van der Waals surface area contributed by atoms with Crippen molar-refractivity contribution in [2.24, 2.45) is 0 Å². The molecule has 2 aromatic rings. The van der Waals surface area contributed by atoms with E-state index in [1.807, 2.05) is 42.5 Å². The van der Waals surface area contributed by atoms with Crippen LogP contribution in [0.5, 0.6) is 0 Å². The molecule has 0 fully saturated rings. The summed E-state index contributed by atoms with van der Waals surface area (Å²) in [5, 5.41) is 13.5. The summed E-state index contributed by atoms with van der Waals surface area (Å²) in [6.07, 6.45) is 3.56. The molecule has 2 aromatic carbocycles. The van der Waals surface area contributed by atoms with Crippen LogP contribution in [0, 0.1) is 0 Å². The van der Waals surface area contributed by atoms with Crippen molar-refractivity contribution in [3.05, 3.63) is 71.3 Å². The predicted octanol–water partition coefficient (Wildman–Crippen LogP) is 4.20. The van der Waals surface area contributed by atoms with Crippen molar-refractivity contribution >= 4 is 5.78 Å². The van der Waals surface area contributed by atoms with Crippen molar-refractivity contribution in [2.75, 3.05) is 19.7 Å². The first-order chi connectivity index (χ1) is 14.1. The Morgan fingerprint density at radius 3 is 2.52 bits per heavy atom. The normalized spacial score (nSPS) is 13.2. The number of unbranched alkanes of at least 4 members (excludes halogenated alkanes) is 1. The summed E-state index contributed by atoms with van der Waals surface area (Å²) in [6, 6.07) is 17.6. The maximum Gasteiger partial charge on any atom is 0.191 e. The number of ether oxygens (including phenoxy) is 1. The molecule has 158 valence electrons. The highest BCUT2D eigenvalue weighted by molar-refractivity contribution is 5.99. The second-order valence-corrected chi connectivity index (χ2v) is 7.54. The largest absolute Gasteiger partial charge is 0.389 e. The summed E-state index contributed by atoms with van der Waals surface area (Å²) in [7, 11) is 0. The monoisotopic (exact) mass is 397 g/mol. The van der Waals surface area contributed by atoms with Gasteiger partial charge in [-0.2, -0.15) is 0 Å². The number of aliphatic hydroxyl groups is 1. The predicted molar refractivity (Wildman–Crippen MR) is 118 cm³/mol. The van der Waals surface area contributed by atoms with Gasteiger partial charge in [0, 0.05) is 18.5 Å². The summed E-state index contributed by atoms with van der Waals surface area (Å²) < 4.78 is 5.94. The van der Waals surface area contributed by atoms with Crippen LogP contribution in [0.15, 0.2) is 54.6 Å². The van der Waals surface area contributed by atoms with Crippen LogP contribution in [0.25, 0.3) is 0 Å². The van der Waals surface area contributed by atoms with Crippen LogP contribution >= 0.6 is 0 Å². The molecule has 0 bridgehead atoms. The highest BCUT2D eigenvalue weighted by atomic mass is 16.5. The highest BCUT2D eigenvalue weighted by Crippen LogP contribution is 2.15. The van der Waals surface area contributed by atoms with Crippen molar-refractivity contribution in [2.45, 2.75) is 58.2 Å². The molecular formula is C25H35NO3. The number of carbonyl (C=O) groups excluding carboxylic acids is 1. The number of hydrogen-bond donors (Lipinski definition) is 2. The molecule has 0 aliphatic rings. The fourth-order valence-corrected chi connectivity index (χ4v) is 3.29. The Labute approximate surface area is 175 Å². The van der Waals surface area contributed by atoms with E-state index in [0.29, 0.717) is 18.5 Å². The van der Waals surface area contributed by atoms with Gasteiger partial charge in [-0.1, -0.05) is 81.3 Å². The zero-order chi connectivity index (χ0) is 20.9. The average molecular weight is 398 g/mol. The van der Waals surface area contributed by atoms with E-state index in [1.54, 1.807) is 0 Å². The molecular weight excluding hydrogens is 362 g/mol. The Morgan fingerprint density at radius 2 is 1.79 bits per heavy atom. The first-order valence-electron chi connectivity index (χ1n) is 10.8. The van der Waals surface area contributed by atoms with Crippen LogP contribution < -0.4 is 5.32 Å². The second-order valence-electron chi connectivity index (χ2n) is 7.54. The molecule has 0 aliphatic carbocycles. The van der Waals surface area contributed by atoms with E-state index in [4.69, 9.17) is 4.74 Å². The molecule has 2 unspecified atom stereocenters. The van der Waals surface area contributed by atoms with Gasteiger partial charge in [-0.15, -0.1) is 0 Å². The molecule has 2 rings (SSSR count). The summed E-state index contributed by atoms with van der Waals surface area (Å²) in [5.74, 6) is -0.0439. The van der Waals surface area contributed by atoms with E-state index in [2.05, 4.69) is 31.3 Å². The minimum atomic E-state index is -0.635. The Morgan fingerprint density at radius 1 is 1.03 bits per heavy atom. The Hall–Kier alpha value is -2.01. The van der Waals surface area contributed by atoms with Gasteiger partial charge in [-0.3, -0.25) is 4.79 Å². The van der Waals surface area contributed by atoms with Crippen molar-refractivity contribution in [1.29, 1.82) is 0 Å². The van der Waals surface area contributed by atoms with Gasteiger partial charge >= 0.3 is 0 Å². The maximum absolute atomic E-state index is 13.0.